The molecule has 26 heavy (non-hydrogen) atoms. The van der Waals surface area contributed by atoms with Gasteiger partial charge in [-0.3, -0.25) is 14.9 Å². The number of aryl methyl sites for hydroxylation is 1. The summed E-state index contributed by atoms with van der Waals surface area (Å²) in [5, 5.41) is 22.4. The lowest BCUT2D eigenvalue weighted by atomic mass is 10.1. The largest absolute Gasteiger partial charge is 0.378 e. The molecule has 1 aliphatic rings. The molecule has 1 unspecified atom stereocenters. The van der Waals surface area contributed by atoms with E-state index in [4.69, 9.17) is 4.74 Å². The fraction of sp³-hybridized carbons (Fsp3) is 0.438. The van der Waals surface area contributed by atoms with Gasteiger partial charge in [-0.15, -0.1) is 10.2 Å². The number of hydrogen-bond acceptors (Lipinski definition) is 7. The number of hydrogen-bond donors (Lipinski definition) is 1. The van der Waals surface area contributed by atoms with Gasteiger partial charge >= 0.3 is 0 Å². The van der Waals surface area contributed by atoms with Crippen molar-refractivity contribution < 1.29 is 14.5 Å². The van der Waals surface area contributed by atoms with Gasteiger partial charge in [0.05, 0.1) is 15.9 Å². The van der Waals surface area contributed by atoms with E-state index in [0.29, 0.717) is 16.6 Å². The van der Waals surface area contributed by atoms with E-state index in [-0.39, 0.29) is 23.3 Å². The zero-order valence-corrected chi connectivity index (χ0v) is 15.1. The summed E-state index contributed by atoms with van der Waals surface area (Å²) in [6, 6.07) is 4.43. The number of amides is 1. The lowest BCUT2D eigenvalue weighted by Crippen LogP contribution is -2.27. The van der Waals surface area contributed by atoms with Crippen molar-refractivity contribution in [3.8, 4) is 0 Å². The van der Waals surface area contributed by atoms with E-state index in [2.05, 4.69) is 15.5 Å². The van der Waals surface area contributed by atoms with Crippen LogP contribution in [0.15, 0.2) is 34.6 Å². The molecule has 2 aromatic rings. The number of nitrogens with one attached hydrogen (secondary N) is 1. The number of carbonyl (C=O) groups excluding carboxylic acids is 1. The maximum Gasteiger partial charge on any atom is 0.284 e. The number of rotatable bonds is 7. The fourth-order valence-electron chi connectivity index (χ4n) is 2.67. The fourth-order valence-corrected chi connectivity index (χ4v) is 3.52. The van der Waals surface area contributed by atoms with Crippen LogP contribution in [-0.2, 0) is 11.8 Å². The number of benzene rings is 1. The summed E-state index contributed by atoms with van der Waals surface area (Å²) >= 11 is 1.13. The van der Waals surface area contributed by atoms with Gasteiger partial charge in [0, 0.05) is 31.8 Å². The van der Waals surface area contributed by atoms with Crippen molar-refractivity contribution in [3.05, 3.63) is 40.2 Å². The third-order valence-electron chi connectivity index (χ3n) is 4.06. The Morgan fingerprint density at radius 2 is 2.38 bits per heavy atom. The Labute approximate surface area is 154 Å². The predicted octanol–water partition coefficient (Wildman–Crippen LogP) is 2.17. The van der Waals surface area contributed by atoms with Gasteiger partial charge in [-0.2, -0.15) is 0 Å². The molecule has 1 atom stereocenters. The van der Waals surface area contributed by atoms with Crippen LogP contribution in [-0.4, -0.2) is 44.9 Å². The molecule has 1 saturated heterocycles. The second kappa shape index (κ2) is 8.28. The number of nitro groups is 1. The maximum atomic E-state index is 12.3. The molecule has 1 aromatic heterocycles. The van der Waals surface area contributed by atoms with Crippen LogP contribution in [0.2, 0.25) is 0 Å². The van der Waals surface area contributed by atoms with Crippen molar-refractivity contribution in [2.75, 3.05) is 13.2 Å². The number of nitro benzene ring substituents is 1. The summed E-state index contributed by atoms with van der Waals surface area (Å²) in [5.41, 5.74) is 0.121. The standard InChI is InChI=1S/C16H19N5O4S/c1-20-10-18-19-16(20)26-14-5-4-11(9-13(14)21(23)24)15(22)17-7-6-12-3-2-8-25-12/h4-5,9-10,12H,2-3,6-8H2,1H3,(H,17,22). The second-order valence-electron chi connectivity index (χ2n) is 5.95. The molecule has 10 heteroatoms. The van der Waals surface area contributed by atoms with Crippen LogP contribution in [0.25, 0.3) is 0 Å². The van der Waals surface area contributed by atoms with Crippen molar-refractivity contribution in [1.82, 2.24) is 20.1 Å². The first-order valence-corrected chi connectivity index (χ1v) is 9.06. The molecule has 3 rings (SSSR count). The van der Waals surface area contributed by atoms with Crippen LogP contribution in [0.1, 0.15) is 29.6 Å². The number of aromatic nitrogens is 3. The molecular formula is C16H19N5O4S. The third kappa shape index (κ3) is 4.38. The van der Waals surface area contributed by atoms with Crippen LogP contribution >= 0.6 is 11.8 Å². The van der Waals surface area contributed by atoms with Gasteiger partial charge in [-0.1, -0.05) is 0 Å². The Morgan fingerprint density at radius 3 is 3.04 bits per heavy atom. The Balaban J connectivity index is 1.67. The van der Waals surface area contributed by atoms with Gasteiger partial charge in [-0.25, -0.2) is 0 Å². The van der Waals surface area contributed by atoms with Crippen molar-refractivity contribution in [3.63, 3.8) is 0 Å². The van der Waals surface area contributed by atoms with Crippen molar-refractivity contribution in [1.29, 1.82) is 0 Å². The van der Waals surface area contributed by atoms with Gasteiger partial charge in [-0.05, 0) is 43.2 Å². The molecule has 0 saturated carbocycles. The maximum absolute atomic E-state index is 12.3. The topological polar surface area (TPSA) is 112 Å². The first kappa shape index (κ1) is 18.3. The molecule has 0 bridgehead atoms. The smallest absolute Gasteiger partial charge is 0.284 e. The molecule has 1 N–H and O–H groups in total. The first-order valence-electron chi connectivity index (χ1n) is 8.24. The van der Waals surface area contributed by atoms with Crippen molar-refractivity contribution in [2.45, 2.75) is 35.4 Å². The summed E-state index contributed by atoms with van der Waals surface area (Å²) in [4.78, 5) is 23.6. The summed E-state index contributed by atoms with van der Waals surface area (Å²) in [5.74, 6) is -0.332. The van der Waals surface area contributed by atoms with E-state index in [1.165, 1.54) is 12.4 Å². The van der Waals surface area contributed by atoms with E-state index >= 15 is 0 Å². The average molecular weight is 377 g/mol. The summed E-state index contributed by atoms with van der Waals surface area (Å²) in [7, 11) is 1.75. The molecule has 0 aliphatic carbocycles. The van der Waals surface area contributed by atoms with E-state index in [1.54, 1.807) is 23.7 Å². The van der Waals surface area contributed by atoms with Crippen molar-refractivity contribution in [2.24, 2.45) is 7.05 Å². The Kier molecular flexibility index (Phi) is 5.84. The lowest BCUT2D eigenvalue weighted by molar-refractivity contribution is -0.387. The minimum atomic E-state index is -0.498. The minimum absolute atomic E-state index is 0.134. The van der Waals surface area contributed by atoms with Crippen LogP contribution in [0.4, 0.5) is 5.69 Å². The van der Waals surface area contributed by atoms with Crippen molar-refractivity contribution >= 4 is 23.4 Å². The lowest BCUT2D eigenvalue weighted by Gasteiger charge is -2.10. The highest BCUT2D eigenvalue weighted by molar-refractivity contribution is 7.99. The van der Waals surface area contributed by atoms with Gasteiger partial charge in [0.25, 0.3) is 11.6 Å². The van der Waals surface area contributed by atoms with Crippen LogP contribution in [0.3, 0.4) is 0 Å². The van der Waals surface area contributed by atoms with Crippen LogP contribution in [0, 0.1) is 10.1 Å². The Bertz CT molecular complexity index is 804. The van der Waals surface area contributed by atoms with E-state index < -0.39 is 4.92 Å². The van der Waals surface area contributed by atoms with Gasteiger partial charge < -0.3 is 14.6 Å². The van der Waals surface area contributed by atoms with E-state index in [9.17, 15) is 14.9 Å². The van der Waals surface area contributed by atoms with Crippen LogP contribution < -0.4 is 5.32 Å². The highest BCUT2D eigenvalue weighted by atomic mass is 32.2. The quantitative estimate of drug-likeness (QED) is 0.581. The molecule has 0 radical (unpaired) electrons. The van der Waals surface area contributed by atoms with Gasteiger partial charge in [0.1, 0.15) is 6.33 Å². The highest BCUT2D eigenvalue weighted by Crippen LogP contribution is 2.34. The predicted molar refractivity (Wildman–Crippen MR) is 94.1 cm³/mol. The molecular weight excluding hydrogens is 358 g/mol. The number of ether oxygens (including phenoxy) is 1. The number of nitrogens with zero attached hydrogens (tertiary/aromatic N) is 4. The van der Waals surface area contributed by atoms with E-state index in [0.717, 1.165) is 37.6 Å². The van der Waals surface area contributed by atoms with Gasteiger partial charge in [0.15, 0.2) is 5.16 Å². The molecule has 1 aliphatic heterocycles. The summed E-state index contributed by atoms with van der Waals surface area (Å²) in [6.45, 7) is 1.25. The molecule has 1 amide bonds. The Hall–Kier alpha value is -2.46. The van der Waals surface area contributed by atoms with Gasteiger partial charge in [0.2, 0.25) is 0 Å². The first-order chi connectivity index (χ1) is 12.5. The third-order valence-corrected chi connectivity index (χ3v) is 5.18. The molecule has 1 aromatic carbocycles. The zero-order chi connectivity index (χ0) is 18.5. The zero-order valence-electron chi connectivity index (χ0n) is 14.3. The molecule has 138 valence electrons. The summed E-state index contributed by atoms with van der Waals surface area (Å²) in [6.07, 6.45) is 4.51. The Morgan fingerprint density at radius 1 is 1.54 bits per heavy atom. The van der Waals surface area contributed by atoms with E-state index in [1.807, 2.05) is 0 Å². The molecule has 0 spiro atoms. The molecule has 9 nitrogen and oxygen atoms in total. The van der Waals surface area contributed by atoms with Crippen LogP contribution in [0.5, 0.6) is 0 Å². The average Bonchev–Trinajstić information content (AvgIpc) is 3.27. The monoisotopic (exact) mass is 377 g/mol. The minimum Gasteiger partial charge on any atom is -0.378 e. The summed E-state index contributed by atoms with van der Waals surface area (Å²) < 4.78 is 7.18. The molecule has 1 fully saturated rings. The molecule has 2 heterocycles. The number of carbonyl (C=O) groups is 1. The second-order valence-corrected chi connectivity index (χ2v) is 6.95. The highest BCUT2D eigenvalue weighted by Gasteiger charge is 2.20. The SMILES string of the molecule is Cn1cnnc1Sc1ccc(C(=O)NCCC2CCCO2)cc1[N+](=O)[O-]. The normalized spacial score (nSPS) is 16.6.